The van der Waals surface area contributed by atoms with Crippen molar-refractivity contribution in [3.8, 4) is 0 Å². The van der Waals surface area contributed by atoms with Crippen molar-refractivity contribution in [1.82, 2.24) is 9.97 Å². The van der Waals surface area contributed by atoms with E-state index in [1.165, 1.54) is 12.3 Å². The molecule has 2 heterocycles. The molecule has 0 radical (unpaired) electrons. The summed E-state index contributed by atoms with van der Waals surface area (Å²) in [6, 6.07) is 10.9. The third-order valence-corrected chi connectivity index (χ3v) is 3.37. The third kappa shape index (κ3) is 2.85. The molecule has 1 aromatic carbocycles. The third-order valence-electron chi connectivity index (χ3n) is 2.94. The number of carboxylic acids is 1. The van der Waals surface area contributed by atoms with Gasteiger partial charge in [0.25, 0.3) is 0 Å². The van der Waals surface area contributed by atoms with Crippen molar-refractivity contribution < 1.29 is 9.90 Å². The second kappa shape index (κ2) is 5.49. The predicted octanol–water partition coefficient (Wildman–Crippen LogP) is 3.83. The lowest BCUT2D eigenvalue weighted by atomic mass is 10.2. The van der Waals surface area contributed by atoms with Crippen molar-refractivity contribution in [2.75, 3.05) is 5.32 Å². The van der Waals surface area contributed by atoms with Crippen molar-refractivity contribution in [1.29, 1.82) is 0 Å². The molecule has 0 aliphatic carbocycles. The number of carboxylic acid groups (broad SMARTS) is 1. The van der Waals surface area contributed by atoms with Gasteiger partial charge in [-0.05, 0) is 40.2 Å². The van der Waals surface area contributed by atoms with Crippen LogP contribution in [0.2, 0.25) is 0 Å². The molecule has 0 spiro atoms. The zero-order chi connectivity index (χ0) is 14.8. The van der Waals surface area contributed by atoms with Crippen molar-refractivity contribution in [3.63, 3.8) is 0 Å². The van der Waals surface area contributed by atoms with Crippen LogP contribution >= 0.6 is 15.9 Å². The molecule has 0 aliphatic heterocycles. The van der Waals surface area contributed by atoms with Crippen molar-refractivity contribution >= 4 is 44.2 Å². The van der Waals surface area contributed by atoms with Gasteiger partial charge in [0.2, 0.25) is 0 Å². The summed E-state index contributed by atoms with van der Waals surface area (Å²) < 4.78 is 0.907. The Labute approximate surface area is 128 Å². The van der Waals surface area contributed by atoms with E-state index >= 15 is 0 Å². The van der Waals surface area contributed by atoms with Crippen molar-refractivity contribution in [2.24, 2.45) is 0 Å². The normalized spacial score (nSPS) is 10.5. The highest BCUT2D eigenvalue weighted by Gasteiger charge is 2.07. The number of hydrogen-bond donors (Lipinski definition) is 2. The fourth-order valence-corrected chi connectivity index (χ4v) is 2.36. The summed E-state index contributed by atoms with van der Waals surface area (Å²) >= 11 is 3.39. The molecule has 0 bridgehead atoms. The summed E-state index contributed by atoms with van der Waals surface area (Å²) in [5.74, 6) is -1.06. The molecule has 0 amide bonds. The van der Waals surface area contributed by atoms with E-state index in [0.29, 0.717) is 5.69 Å². The Morgan fingerprint density at radius 1 is 1.19 bits per heavy atom. The molecule has 104 valence electrons. The maximum atomic E-state index is 10.9. The summed E-state index contributed by atoms with van der Waals surface area (Å²) in [7, 11) is 0. The maximum Gasteiger partial charge on any atom is 0.354 e. The quantitative estimate of drug-likeness (QED) is 0.755. The Balaban J connectivity index is 2.02. The van der Waals surface area contributed by atoms with Crippen LogP contribution in [-0.4, -0.2) is 21.0 Å². The topological polar surface area (TPSA) is 75.1 Å². The molecule has 0 unspecified atom stereocenters. The molecular weight excluding hydrogens is 334 g/mol. The van der Waals surface area contributed by atoms with Gasteiger partial charge in [0.1, 0.15) is 5.69 Å². The number of benzene rings is 1. The zero-order valence-corrected chi connectivity index (χ0v) is 12.3. The van der Waals surface area contributed by atoms with Crippen LogP contribution in [0.4, 0.5) is 11.4 Å². The summed E-state index contributed by atoms with van der Waals surface area (Å²) in [5, 5.41) is 13.1. The van der Waals surface area contributed by atoms with Gasteiger partial charge >= 0.3 is 5.97 Å². The molecule has 5 nitrogen and oxygen atoms in total. The standard InChI is InChI=1S/C15H10BrN3O2/c16-10-6-9-2-1-3-12(14(9)18-8-10)19-11-4-5-17-13(7-11)15(20)21/h1-8H,(H,17,19)(H,20,21). The largest absolute Gasteiger partial charge is 0.477 e. The number of anilines is 2. The van der Waals surface area contributed by atoms with Gasteiger partial charge in [-0.15, -0.1) is 0 Å². The smallest absolute Gasteiger partial charge is 0.354 e. The molecule has 3 rings (SSSR count). The van der Waals surface area contributed by atoms with Crippen LogP contribution in [0.3, 0.4) is 0 Å². The number of halogens is 1. The van der Waals surface area contributed by atoms with E-state index in [4.69, 9.17) is 5.11 Å². The maximum absolute atomic E-state index is 10.9. The van der Waals surface area contributed by atoms with E-state index in [1.54, 1.807) is 12.3 Å². The number of aromatic nitrogens is 2. The lowest BCUT2D eigenvalue weighted by molar-refractivity contribution is 0.0690. The summed E-state index contributed by atoms with van der Waals surface area (Å²) in [6.07, 6.45) is 3.18. The minimum atomic E-state index is -1.06. The monoisotopic (exact) mass is 343 g/mol. The Hall–Kier alpha value is -2.47. The Bertz CT molecular complexity index is 836. The molecule has 0 atom stereocenters. The number of nitrogens with zero attached hydrogens (tertiary/aromatic N) is 2. The average molecular weight is 344 g/mol. The number of rotatable bonds is 3. The second-order valence-corrected chi connectivity index (χ2v) is 5.31. The summed E-state index contributed by atoms with van der Waals surface area (Å²) in [4.78, 5) is 19.1. The van der Waals surface area contributed by atoms with E-state index in [9.17, 15) is 4.79 Å². The number of fused-ring (bicyclic) bond motifs is 1. The molecule has 3 aromatic rings. The molecule has 2 N–H and O–H groups in total. The van der Waals surface area contributed by atoms with E-state index < -0.39 is 5.97 Å². The molecule has 0 saturated carbocycles. The molecule has 0 saturated heterocycles. The van der Waals surface area contributed by atoms with Crippen molar-refractivity contribution in [2.45, 2.75) is 0 Å². The molecule has 0 aliphatic rings. The predicted molar refractivity (Wildman–Crippen MR) is 83.9 cm³/mol. The van der Waals surface area contributed by atoms with E-state index in [1.807, 2.05) is 24.3 Å². The highest BCUT2D eigenvalue weighted by Crippen LogP contribution is 2.26. The van der Waals surface area contributed by atoms with Crippen LogP contribution in [0, 0.1) is 0 Å². The first kappa shape index (κ1) is 13.5. The van der Waals surface area contributed by atoms with Crippen LogP contribution < -0.4 is 5.32 Å². The number of para-hydroxylation sites is 1. The van der Waals surface area contributed by atoms with Gasteiger partial charge in [-0.3, -0.25) is 4.98 Å². The van der Waals surface area contributed by atoms with Crippen LogP contribution in [0.25, 0.3) is 10.9 Å². The lowest BCUT2D eigenvalue weighted by Crippen LogP contribution is -2.01. The molecular formula is C15H10BrN3O2. The SMILES string of the molecule is O=C(O)c1cc(Nc2cccc3cc(Br)cnc23)ccn1. The zero-order valence-electron chi connectivity index (χ0n) is 10.7. The highest BCUT2D eigenvalue weighted by molar-refractivity contribution is 9.10. The summed E-state index contributed by atoms with van der Waals surface area (Å²) in [5.41, 5.74) is 2.27. The second-order valence-electron chi connectivity index (χ2n) is 4.39. The number of pyridine rings is 2. The minimum absolute atomic E-state index is 0.00376. The van der Waals surface area contributed by atoms with Crippen LogP contribution in [0.5, 0.6) is 0 Å². The van der Waals surface area contributed by atoms with Gasteiger partial charge in [0.15, 0.2) is 0 Å². The van der Waals surface area contributed by atoms with Crippen LogP contribution in [0.15, 0.2) is 53.3 Å². The first-order chi connectivity index (χ1) is 10.1. The van der Waals surface area contributed by atoms with Crippen LogP contribution in [0.1, 0.15) is 10.5 Å². The average Bonchev–Trinajstić information content (AvgIpc) is 2.47. The number of carbonyl (C=O) groups is 1. The minimum Gasteiger partial charge on any atom is -0.477 e. The number of aromatic carboxylic acids is 1. The van der Waals surface area contributed by atoms with Gasteiger partial charge in [-0.2, -0.15) is 0 Å². The van der Waals surface area contributed by atoms with Gasteiger partial charge < -0.3 is 10.4 Å². The lowest BCUT2D eigenvalue weighted by Gasteiger charge is -2.09. The van der Waals surface area contributed by atoms with Crippen LogP contribution in [-0.2, 0) is 0 Å². The highest BCUT2D eigenvalue weighted by atomic mass is 79.9. The van der Waals surface area contributed by atoms with Gasteiger partial charge in [-0.1, -0.05) is 12.1 Å². The fraction of sp³-hybridized carbons (Fsp3) is 0. The van der Waals surface area contributed by atoms with Gasteiger partial charge in [0, 0.05) is 27.9 Å². The molecule has 21 heavy (non-hydrogen) atoms. The number of hydrogen-bond acceptors (Lipinski definition) is 4. The first-order valence-corrected chi connectivity index (χ1v) is 6.93. The Kier molecular flexibility index (Phi) is 3.53. The molecule has 6 heteroatoms. The van der Waals surface area contributed by atoms with Crippen molar-refractivity contribution in [3.05, 3.63) is 59.0 Å². The fourth-order valence-electron chi connectivity index (χ4n) is 2.02. The van der Waals surface area contributed by atoms with Gasteiger partial charge in [-0.25, -0.2) is 9.78 Å². The summed E-state index contributed by atoms with van der Waals surface area (Å²) in [6.45, 7) is 0. The Morgan fingerprint density at radius 3 is 2.86 bits per heavy atom. The van der Waals surface area contributed by atoms with E-state index in [2.05, 4.69) is 31.2 Å². The van der Waals surface area contributed by atoms with Gasteiger partial charge in [0.05, 0.1) is 11.2 Å². The molecule has 0 fully saturated rings. The van der Waals surface area contributed by atoms with E-state index in [-0.39, 0.29) is 5.69 Å². The number of nitrogens with one attached hydrogen (secondary N) is 1. The Morgan fingerprint density at radius 2 is 2.05 bits per heavy atom. The first-order valence-electron chi connectivity index (χ1n) is 6.14. The molecule has 2 aromatic heterocycles. The van der Waals surface area contributed by atoms with E-state index in [0.717, 1.165) is 21.1 Å².